The van der Waals surface area contributed by atoms with Gasteiger partial charge in [-0.2, -0.15) is 0 Å². The zero-order valence-corrected chi connectivity index (χ0v) is 23.7. The van der Waals surface area contributed by atoms with Crippen LogP contribution in [0.5, 0.6) is 0 Å². The molecule has 3 aliphatic heterocycles. The maximum absolute atomic E-state index is 13.1. The first kappa shape index (κ1) is 30.3. The molecule has 1 aromatic carbocycles. The van der Waals surface area contributed by atoms with Crippen molar-refractivity contribution < 1.29 is 33.6 Å². The Bertz CT molecular complexity index is 943. The summed E-state index contributed by atoms with van der Waals surface area (Å²) in [6.07, 6.45) is 10.1. The number of cyclic esters (lactones) is 1. The third-order valence-corrected chi connectivity index (χ3v) is 7.95. The Morgan fingerprint density at radius 2 is 1.90 bits per heavy atom. The van der Waals surface area contributed by atoms with Gasteiger partial charge in [-0.1, -0.05) is 68.7 Å². The summed E-state index contributed by atoms with van der Waals surface area (Å²) in [6, 6.07) is 8.99. The number of hydrogen-bond acceptors (Lipinski definition) is 7. The average Bonchev–Trinajstić information content (AvgIpc) is 3.56. The standard InChI is InChI=1S/C31H46N2O7/c1-23-13-9-6-4-2-3-5-7-12-17-38-31(36)33(20-23)21-27(34)26(19-24-14-10-8-11-15-24)32-30(35)40-28-22-39-29-25(28)16-18-37-29/h6,8-11,14-15,23,25-29,34H,2-5,7,12-13,16-22H2,1H3,(H,32,35)/b9-6+/t23?,25-,26-,27+,28-,29+/m0/s1. The number of alkyl carbamates (subject to hydrolysis) is 1. The molecule has 2 N–H and O–H groups in total. The first-order chi connectivity index (χ1) is 19.5. The molecule has 2 amide bonds. The summed E-state index contributed by atoms with van der Waals surface area (Å²) in [5.41, 5.74) is 0.957. The number of aliphatic hydroxyl groups is 1. The highest BCUT2D eigenvalue weighted by atomic mass is 16.7. The van der Waals surface area contributed by atoms with Crippen molar-refractivity contribution >= 4 is 12.2 Å². The molecule has 1 unspecified atom stereocenters. The van der Waals surface area contributed by atoms with Gasteiger partial charge in [-0.3, -0.25) is 0 Å². The second-order valence-corrected chi connectivity index (χ2v) is 11.4. The summed E-state index contributed by atoms with van der Waals surface area (Å²) in [5.74, 6) is 0.212. The molecule has 0 bridgehead atoms. The highest BCUT2D eigenvalue weighted by Gasteiger charge is 2.44. The van der Waals surface area contributed by atoms with E-state index in [2.05, 4.69) is 24.4 Å². The van der Waals surface area contributed by atoms with Gasteiger partial charge in [0.1, 0.15) is 6.10 Å². The molecule has 3 heterocycles. The Labute approximate surface area is 238 Å². The van der Waals surface area contributed by atoms with E-state index in [1.807, 2.05) is 30.3 Å². The van der Waals surface area contributed by atoms with Crippen molar-refractivity contribution in [3.63, 3.8) is 0 Å². The number of hydrogen-bond donors (Lipinski definition) is 2. The summed E-state index contributed by atoms with van der Waals surface area (Å²) in [7, 11) is 0. The van der Waals surface area contributed by atoms with Gasteiger partial charge in [0.05, 0.1) is 44.4 Å². The van der Waals surface area contributed by atoms with Crippen molar-refractivity contribution in [3.05, 3.63) is 48.0 Å². The van der Waals surface area contributed by atoms with Gasteiger partial charge >= 0.3 is 12.2 Å². The van der Waals surface area contributed by atoms with Crippen molar-refractivity contribution in [2.24, 2.45) is 11.8 Å². The zero-order valence-electron chi connectivity index (χ0n) is 23.7. The van der Waals surface area contributed by atoms with Crippen molar-refractivity contribution in [2.75, 3.05) is 32.9 Å². The number of aliphatic hydroxyl groups excluding tert-OH is 1. The SMILES string of the molecule is CC1C/C=C/CCCCCCCOC(=O)N(C[C@@H](O)[C@H](Cc2ccccc2)NC(=O)O[C@H]2CO[C@H]3OCC[C@H]32)C1. The number of rotatable bonds is 7. The van der Waals surface area contributed by atoms with Crippen molar-refractivity contribution in [1.29, 1.82) is 0 Å². The lowest BCUT2D eigenvalue weighted by Gasteiger charge is -2.31. The summed E-state index contributed by atoms with van der Waals surface area (Å²) in [6.45, 7) is 3.83. The fraction of sp³-hybridized carbons (Fsp3) is 0.677. The van der Waals surface area contributed by atoms with Gasteiger partial charge in [-0.15, -0.1) is 0 Å². The van der Waals surface area contributed by atoms with E-state index in [-0.39, 0.29) is 24.7 Å². The number of carbonyl (C=O) groups excluding carboxylic acids is 2. The van der Waals surface area contributed by atoms with E-state index in [9.17, 15) is 14.7 Å². The molecule has 0 radical (unpaired) electrons. The second kappa shape index (κ2) is 16.0. The van der Waals surface area contributed by atoms with E-state index in [0.29, 0.717) is 32.8 Å². The van der Waals surface area contributed by atoms with Crippen molar-refractivity contribution in [2.45, 2.75) is 89.3 Å². The summed E-state index contributed by atoms with van der Waals surface area (Å²) < 4.78 is 22.5. The lowest BCUT2D eigenvalue weighted by atomic mass is 10.00. The van der Waals surface area contributed by atoms with Crippen LogP contribution in [0, 0.1) is 11.8 Å². The molecule has 3 aliphatic rings. The summed E-state index contributed by atoms with van der Waals surface area (Å²) in [5, 5.41) is 14.3. The fourth-order valence-electron chi connectivity index (χ4n) is 5.64. The minimum atomic E-state index is -1.03. The molecule has 0 saturated carbocycles. The highest BCUT2D eigenvalue weighted by molar-refractivity contribution is 5.69. The number of nitrogens with one attached hydrogen (secondary N) is 1. The van der Waals surface area contributed by atoms with Crippen molar-refractivity contribution in [1.82, 2.24) is 10.2 Å². The second-order valence-electron chi connectivity index (χ2n) is 11.4. The monoisotopic (exact) mass is 558 g/mol. The molecule has 0 aliphatic carbocycles. The minimum Gasteiger partial charge on any atom is -0.449 e. The maximum Gasteiger partial charge on any atom is 0.409 e. The van der Waals surface area contributed by atoms with Crippen LogP contribution in [0.15, 0.2) is 42.5 Å². The molecule has 6 atom stereocenters. The van der Waals surface area contributed by atoms with Crippen LogP contribution in [0.2, 0.25) is 0 Å². The van der Waals surface area contributed by atoms with Gasteiger partial charge in [0.15, 0.2) is 6.29 Å². The molecule has 0 spiro atoms. The van der Waals surface area contributed by atoms with Gasteiger partial charge in [-0.25, -0.2) is 9.59 Å². The van der Waals surface area contributed by atoms with Crippen LogP contribution in [0.25, 0.3) is 0 Å². The third-order valence-electron chi connectivity index (χ3n) is 7.95. The topological polar surface area (TPSA) is 107 Å². The quantitative estimate of drug-likeness (QED) is 0.462. The van der Waals surface area contributed by atoms with E-state index in [1.54, 1.807) is 4.90 Å². The van der Waals surface area contributed by atoms with Crippen LogP contribution in [-0.4, -0.2) is 79.6 Å². The van der Waals surface area contributed by atoms with Gasteiger partial charge < -0.3 is 34.3 Å². The molecule has 4 rings (SSSR count). The number of benzene rings is 1. The first-order valence-corrected chi connectivity index (χ1v) is 15.0. The Morgan fingerprint density at radius 3 is 2.75 bits per heavy atom. The number of allylic oxidation sites excluding steroid dienone is 2. The lowest BCUT2D eigenvalue weighted by molar-refractivity contribution is -0.0907. The molecular weight excluding hydrogens is 512 g/mol. The lowest BCUT2D eigenvalue weighted by Crippen LogP contribution is -2.52. The summed E-state index contributed by atoms with van der Waals surface area (Å²) in [4.78, 5) is 27.7. The molecule has 9 heteroatoms. The molecule has 40 heavy (non-hydrogen) atoms. The molecule has 1 aromatic rings. The fourth-order valence-corrected chi connectivity index (χ4v) is 5.64. The Hall–Kier alpha value is -2.62. The van der Waals surface area contributed by atoms with Gasteiger partial charge in [0, 0.05) is 6.54 Å². The van der Waals surface area contributed by atoms with Crippen LogP contribution in [0.1, 0.15) is 63.9 Å². The van der Waals surface area contributed by atoms with Crippen LogP contribution < -0.4 is 5.32 Å². The number of nitrogens with zero attached hydrogens (tertiary/aromatic N) is 1. The van der Waals surface area contributed by atoms with Crippen molar-refractivity contribution in [3.8, 4) is 0 Å². The van der Waals surface area contributed by atoms with E-state index in [0.717, 1.165) is 44.1 Å². The minimum absolute atomic E-state index is 0.0219. The molecule has 2 fully saturated rings. The number of β-amino-alcohol motifs (C(OH)–C–C–N with tert-alkyl or cyclic N) is 1. The largest absolute Gasteiger partial charge is 0.449 e. The molecular formula is C31H46N2O7. The summed E-state index contributed by atoms with van der Waals surface area (Å²) >= 11 is 0. The molecule has 0 aromatic heterocycles. The molecule has 222 valence electrons. The number of fused-ring (bicyclic) bond motifs is 1. The Morgan fingerprint density at radius 1 is 1.10 bits per heavy atom. The van der Waals surface area contributed by atoms with E-state index < -0.39 is 30.4 Å². The van der Waals surface area contributed by atoms with Gasteiger partial charge in [-0.05, 0) is 50.0 Å². The average molecular weight is 559 g/mol. The van der Waals surface area contributed by atoms with Crippen LogP contribution in [0.4, 0.5) is 9.59 Å². The highest BCUT2D eigenvalue weighted by Crippen LogP contribution is 2.33. The van der Waals surface area contributed by atoms with Gasteiger partial charge in [0.25, 0.3) is 0 Å². The maximum atomic E-state index is 13.1. The van der Waals surface area contributed by atoms with E-state index >= 15 is 0 Å². The zero-order chi connectivity index (χ0) is 28.2. The predicted molar refractivity (Wildman–Crippen MR) is 151 cm³/mol. The normalized spacial score (nSPS) is 28.9. The van der Waals surface area contributed by atoms with Crippen LogP contribution in [-0.2, 0) is 25.4 Å². The van der Waals surface area contributed by atoms with E-state index in [1.165, 1.54) is 12.8 Å². The van der Waals surface area contributed by atoms with Crippen LogP contribution >= 0.6 is 0 Å². The molecule has 2 saturated heterocycles. The predicted octanol–water partition coefficient (Wildman–Crippen LogP) is 4.82. The Kier molecular flexibility index (Phi) is 12.1. The number of ether oxygens (including phenoxy) is 4. The first-order valence-electron chi connectivity index (χ1n) is 15.0. The smallest absolute Gasteiger partial charge is 0.409 e. The van der Waals surface area contributed by atoms with Gasteiger partial charge in [0.2, 0.25) is 0 Å². The number of carbonyl (C=O) groups is 2. The van der Waals surface area contributed by atoms with E-state index in [4.69, 9.17) is 18.9 Å². The Balaban J connectivity index is 1.41. The number of amides is 2. The third kappa shape index (κ3) is 9.49. The van der Waals surface area contributed by atoms with Crippen LogP contribution in [0.3, 0.4) is 0 Å². The molecule has 9 nitrogen and oxygen atoms in total.